The van der Waals surface area contributed by atoms with E-state index >= 15 is 0 Å². The van der Waals surface area contributed by atoms with Gasteiger partial charge in [-0.15, -0.1) is 0 Å². The lowest BCUT2D eigenvalue weighted by Gasteiger charge is -2.32. The Hall–Kier alpha value is -2.44. The van der Waals surface area contributed by atoms with E-state index in [4.69, 9.17) is 18.9 Å². The van der Waals surface area contributed by atoms with E-state index < -0.39 is 23.6 Å². The van der Waals surface area contributed by atoms with Crippen molar-refractivity contribution in [2.45, 2.75) is 26.1 Å². The van der Waals surface area contributed by atoms with Crippen LogP contribution in [0.5, 0.6) is 17.2 Å². The van der Waals surface area contributed by atoms with Crippen molar-refractivity contribution >= 4 is 11.9 Å². The Balaban J connectivity index is 2.27. The van der Waals surface area contributed by atoms with E-state index in [1.807, 2.05) is 0 Å². The number of esters is 2. The molecule has 0 bridgehead atoms. The van der Waals surface area contributed by atoms with E-state index in [-0.39, 0.29) is 23.7 Å². The second-order valence-electron chi connectivity index (χ2n) is 5.35. The lowest BCUT2D eigenvalue weighted by atomic mass is 9.97. The van der Waals surface area contributed by atoms with Gasteiger partial charge in [0.2, 0.25) is 5.75 Å². The summed E-state index contributed by atoms with van der Waals surface area (Å²) in [6.45, 7) is 2.98. The summed E-state index contributed by atoms with van der Waals surface area (Å²) in [5.74, 6) is -3.38. The van der Waals surface area contributed by atoms with Crippen molar-refractivity contribution in [3.63, 3.8) is 0 Å². The summed E-state index contributed by atoms with van der Waals surface area (Å²) >= 11 is 0. The van der Waals surface area contributed by atoms with Crippen LogP contribution in [0.3, 0.4) is 0 Å². The number of carbonyl (C=O) groups excluding carboxylic acids is 2. The number of aromatic hydroxyl groups is 1. The minimum absolute atomic E-state index is 0.0563. The van der Waals surface area contributed by atoms with Crippen molar-refractivity contribution in [2.24, 2.45) is 5.92 Å². The molecule has 1 heterocycles. The molecule has 1 aliphatic rings. The zero-order valence-electron chi connectivity index (χ0n) is 12.8. The van der Waals surface area contributed by atoms with Gasteiger partial charge < -0.3 is 24.1 Å². The highest BCUT2D eigenvalue weighted by Gasteiger charge is 2.43. The zero-order valence-corrected chi connectivity index (χ0v) is 12.8. The summed E-state index contributed by atoms with van der Waals surface area (Å²) < 4.78 is 20.2. The van der Waals surface area contributed by atoms with E-state index in [2.05, 4.69) is 0 Å². The Labute approximate surface area is 127 Å². The van der Waals surface area contributed by atoms with E-state index in [0.29, 0.717) is 5.56 Å². The molecule has 7 heteroatoms. The van der Waals surface area contributed by atoms with E-state index in [1.54, 1.807) is 0 Å². The molecule has 0 aliphatic carbocycles. The third-order valence-electron chi connectivity index (χ3n) is 3.24. The molecule has 2 rings (SSSR count). The van der Waals surface area contributed by atoms with Crippen LogP contribution in [0.4, 0.5) is 0 Å². The smallest absolute Gasteiger partial charge is 0.323 e. The average Bonchev–Trinajstić information content (AvgIpc) is 2.43. The van der Waals surface area contributed by atoms with Gasteiger partial charge in [0, 0.05) is 13.8 Å². The second-order valence-corrected chi connectivity index (χ2v) is 5.35. The summed E-state index contributed by atoms with van der Waals surface area (Å²) in [6.07, 6.45) is 0.0563. The van der Waals surface area contributed by atoms with Crippen LogP contribution in [0.15, 0.2) is 12.1 Å². The lowest BCUT2D eigenvalue weighted by molar-refractivity contribution is -0.239. The molecule has 0 atom stereocenters. The molecule has 1 fully saturated rings. The van der Waals surface area contributed by atoms with Crippen molar-refractivity contribution in [3.05, 3.63) is 17.7 Å². The maximum atomic E-state index is 12.0. The predicted octanol–water partition coefficient (Wildman–Crippen LogP) is 1.40. The van der Waals surface area contributed by atoms with Gasteiger partial charge in [-0.25, -0.2) is 0 Å². The van der Waals surface area contributed by atoms with Gasteiger partial charge in [0.1, 0.15) is 0 Å². The van der Waals surface area contributed by atoms with Crippen LogP contribution in [-0.2, 0) is 25.5 Å². The summed E-state index contributed by atoms with van der Waals surface area (Å²) in [4.78, 5) is 23.9. The minimum Gasteiger partial charge on any atom is -0.502 e. The van der Waals surface area contributed by atoms with Gasteiger partial charge in [0.25, 0.3) is 5.79 Å². The van der Waals surface area contributed by atoms with Gasteiger partial charge in [0.15, 0.2) is 17.4 Å². The molecule has 1 saturated heterocycles. The highest BCUT2D eigenvalue weighted by molar-refractivity contribution is 5.97. The molecule has 0 unspecified atom stereocenters. The number of phenolic OH excluding ortho intramolecular Hbond substituents is 1. The van der Waals surface area contributed by atoms with Crippen LogP contribution in [0, 0.1) is 5.92 Å². The van der Waals surface area contributed by atoms with Crippen molar-refractivity contribution in [2.75, 3.05) is 14.2 Å². The highest BCUT2D eigenvalue weighted by Crippen LogP contribution is 2.38. The third kappa shape index (κ3) is 3.08. The molecule has 0 radical (unpaired) electrons. The van der Waals surface area contributed by atoms with Crippen LogP contribution in [0.1, 0.15) is 19.4 Å². The van der Waals surface area contributed by atoms with E-state index in [0.717, 1.165) is 0 Å². The molecule has 1 N–H and O–H groups in total. The maximum Gasteiger partial charge on any atom is 0.323 e. The van der Waals surface area contributed by atoms with Crippen LogP contribution >= 0.6 is 0 Å². The predicted molar refractivity (Wildman–Crippen MR) is 74.7 cm³/mol. The highest BCUT2D eigenvalue weighted by atomic mass is 16.7. The number of ether oxygens (including phenoxy) is 4. The van der Waals surface area contributed by atoms with Gasteiger partial charge in [-0.2, -0.15) is 0 Å². The standard InChI is InChI=1S/C15H18O7/c1-15(2)21-13(17)9(14(18)22-15)5-8-6-10(19-3)12(16)11(7-8)20-4/h6-7,9,16H,5H2,1-4H3. The SMILES string of the molecule is COc1cc(CC2C(=O)OC(C)(C)OC2=O)cc(OC)c1O. The maximum absolute atomic E-state index is 12.0. The molecule has 0 aromatic heterocycles. The Morgan fingerprint density at radius 1 is 1.09 bits per heavy atom. The number of rotatable bonds is 4. The van der Waals surface area contributed by atoms with Gasteiger partial charge >= 0.3 is 11.9 Å². The van der Waals surface area contributed by atoms with Gasteiger partial charge in [0.05, 0.1) is 14.2 Å². The average molecular weight is 310 g/mol. The van der Waals surface area contributed by atoms with E-state index in [1.165, 1.54) is 40.2 Å². The van der Waals surface area contributed by atoms with Gasteiger partial charge in [-0.3, -0.25) is 9.59 Å². The van der Waals surface area contributed by atoms with Crippen molar-refractivity contribution in [1.82, 2.24) is 0 Å². The molecule has 1 aromatic carbocycles. The molecule has 22 heavy (non-hydrogen) atoms. The summed E-state index contributed by atoms with van der Waals surface area (Å²) in [6, 6.07) is 3.05. The number of hydrogen-bond acceptors (Lipinski definition) is 7. The quantitative estimate of drug-likeness (QED) is 0.664. The van der Waals surface area contributed by atoms with Crippen LogP contribution in [-0.4, -0.2) is 37.1 Å². The van der Waals surface area contributed by atoms with Crippen molar-refractivity contribution in [1.29, 1.82) is 0 Å². The summed E-state index contributed by atoms with van der Waals surface area (Å²) in [5, 5.41) is 9.86. The molecule has 0 amide bonds. The Morgan fingerprint density at radius 2 is 1.55 bits per heavy atom. The largest absolute Gasteiger partial charge is 0.502 e. The first-order valence-corrected chi connectivity index (χ1v) is 6.67. The number of methoxy groups -OCH3 is 2. The number of cyclic esters (lactones) is 2. The molecular weight excluding hydrogens is 292 g/mol. The fourth-order valence-corrected chi connectivity index (χ4v) is 2.21. The molecule has 1 aliphatic heterocycles. The first-order valence-electron chi connectivity index (χ1n) is 6.67. The van der Waals surface area contributed by atoms with Crippen molar-refractivity contribution in [3.8, 4) is 17.2 Å². The number of phenols is 1. The topological polar surface area (TPSA) is 91.3 Å². The molecule has 7 nitrogen and oxygen atoms in total. The van der Waals surface area contributed by atoms with Crippen molar-refractivity contribution < 1.29 is 33.6 Å². The first-order chi connectivity index (χ1) is 10.3. The Morgan fingerprint density at radius 3 is 1.95 bits per heavy atom. The fraction of sp³-hybridized carbons (Fsp3) is 0.467. The second kappa shape index (κ2) is 5.75. The van der Waals surface area contributed by atoms with Crippen LogP contribution in [0.2, 0.25) is 0 Å². The van der Waals surface area contributed by atoms with Crippen LogP contribution < -0.4 is 9.47 Å². The lowest BCUT2D eigenvalue weighted by Crippen LogP contribution is -2.46. The van der Waals surface area contributed by atoms with Crippen LogP contribution in [0.25, 0.3) is 0 Å². The first kappa shape index (κ1) is 15.9. The zero-order chi connectivity index (χ0) is 16.5. The van der Waals surface area contributed by atoms with Gasteiger partial charge in [-0.05, 0) is 24.1 Å². The number of carbonyl (C=O) groups is 2. The van der Waals surface area contributed by atoms with Gasteiger partial charge in [-0.1, -0.05) is 0 Å². The molecular formula is C15H18O7. The Kier molecular flexibility index (Phi) is 4.16. The Bertz CT molecular complexity index is 561. The molecule has 1 aromatic rings. The molecule has 0 spiro atoms. The summed E-state index contributed by atoms with van der Waals surface area (Å²) in [5.41, 5.74) is 0.574. The summed E-state index contributed by atoms with van der Waals surface area (Å²) in [7, 11) is 2.79. The minimum atomic E-state index is -1.25. The number of hydrogen-bond donors (Lipinski definition) is 1. The normalized spacial score (nSPS) is 17.6. The molecule has 120 valence electrons. The van der Waals surface area contributed by atoms with E-state index in [9.17, 15) is 14.7 Å². The number of benzene rings is 1. The monoisotopic (exact) mass is 310 g/mol. The third-order valence-corrected chi connectivity index (χ3v) is 3.24. The fourth-order valence-electron chi connectivity index (χ4n) is 2.21. The molecule has 0 saturated carbocycles.